The normalized spacial score (nSPS) is 20.7. The molecule has 18 nitrogen and oxygen atoms in total. The molecule has 20 heteroatoms. The smallest absolute Gasteiger partial charge is 0.407 e. The monoisotopic (exact) mass is 918 g/mol. The summed E-state index contributed by atoms with van der Waals surface area (Å²) < 4.78 is 35.0. The molecule has 4 aromatic heterocycles. The lowest BCUT2D eigenvalue weighted by molar-refractivity contribution is -0.137. The summed E-state index contributed by atoms with van der Waals surface area (Å²) in [6.07, 6.45) is 8.15. The highest BCUT2D eigenvalue weighted by molar-refractivity contribution is 7.24. The first-order valence-corrected chi connectivity index (χ1v) is 23.5. The van der Waals surface area contributed by atoms with Gasteiger partial charge in [-0.25, -0.2) is 19.6 Å². The number of nitrogens with one attached hydrogen (secondary N) is 4. The lowest BCUT2D eigenvalue weighted by Gasteiger charge is -2.34. The Kier molecular flexibility index (Phi) is 13.0. The number of ether oxygens (including phenoxy) is 6. The standard InChI is InChI=1S/C44H54N8O10S2/c1-57-35-25-19-31(27-21-45-39(47-27)29-7-5-13-51(29)41(53)33(49-43(55)59-3)23-9-15-61-16-10-23)64-38(25)36(58-2)26-20-32(63-37(26)35)28-22-46-40(48-28)30-8-6-14-52(30)42(54)34(50-44(56)60-4)24-11-17-62-18-12-24/h19-24,29-30,33-34H,5-18H2,1-4H3,(H,45,47)(H,46,48)(H,49,55)(H,50,56)/t29-,30-,33-,34-/m0/s1. The third kappa shape index (κ3) is 8.35. The van der Waals surface area contributed by atoms with Crippen LogP contribution < -0.4 is 20.1 Å². The number of hydrogen-bond acceptors (Lipinski definition) is 14. The van der Waals surface area contributed by atoms with E-state index in [1.807, 2.05) is 9.80 Å². The average molecular weight is 919 g/mol. The number of fused-ring (bicyclic) bond motifs is 2. The highest BCUT2D eigenvalue weighted by Crippen LogP contribution is 2.52. The number of amides is 4. The Balaban J connectivity index is 0.967. The van der Waals surface area contributed by atoms with Crippen LogP contribution in [0.3, 0.4) is 0 Å². The van der Waals surface area contributed by atoms with E-state index in [0.29, 0.717) is 76.8 Å². The summed E-state index contributed by atoms with van der Waals surface area (Å²) in [5, 5.41) is 7.43. The van der Waals surface area contributed by atoms with Crippen LogP contribution >= 0.6 is 22.7 Å². The van der Waals surface area contributed by atoms with Gasteiger partial charge in [-0.15, -0.1) is 22.7 Å². The van der Waals surface area contributed by atoms with E-state index < -0.39 is 24.3 Å². The lowest BCUT2D eigenvalue weighted by Crippen LogP contribution is -2.53. The van der Waals surface area contributed by atoms with Gasteiger partial charge in [0.05, 0.1) is 83.5 Å². The second kappa shape index (κ2) is 19.0. The van der Waals surface area contributed by atoms with E-state index in [9.17, 15) is 19.2 Å². The third-order valence-electron chi connectivity index (χ3n) is 13.1. The van der Waals surface area contributed by atoms with Crippen molar-refractivity contribution in [2.24, 2.45) is 11.8 Å². The number of aromatic nitrogens is 4. The van der Waals surface area contributed by atoms with Crippen LogP contribution in [0.5, 0.6) is 11.5 Å². The molecule has 0 spiro atoms. The first kappa shape index (κ1) is 43.8. The second-order valence-electron chi connectivity index (χ2n) is 16.6. The molecule has 4 N–H and O–H groups in total. The molecule has 5 aromatic rings. The molecule has 0 radical (unpaired) electrons. The molecule has 8 heterocycles. The molecule has 9 rings (SSSR count). The van der Waals surface area contributed by atoms with Gasteiger partial charge >= 0.3 is 12.2 Å². The Morgan fingerprint density at radius 2 is 1.06 bits per heavy atom. The minimum atomic E-state index is -0.717. The quantitative estimate of drug-likeness (QED) is 0.105. The Morgan fingerprint density at radius 3 is 1.44 bits per heavy atom. The van der Waals surface area contributed by atoms with Gasteiger partial charge < -0.3 is 58.8 Å². The number of nitrogens with zero attached hydrogens (tertiary/aromatic N) is 4. The summed E-state index contributed by atoms with van der Waals surface area (Å²) in [6, 6.07) is 2.18. The zero-order valence-corrected chi connectivity index (χ0v) is 38.0. The number of methoxy groups -OCH3 is 4. The van der Waals surface area contributed by atoms with Crippen LogP contribution in [-0.4, -0.2) is 134 Å². The molecular formula is C44H54N8O10S2. The maximum atomic E-state index is 14.1. The number of benzene rings is 1. The number of thiophene rings is 2. The maximum Gasteiger partial charge on any atom is 0.407 e. The van der Waals surface area contributed by atoms with E-state index in [-0.39, 0.29) is 35.7 Å². The number of likely N-dealkylation sites (tertiary alicyclic amines) is 2. The fourth-order valence-corrected chi connectivity index (χ4v) is 12.2. The summed E-state index contributed by atoms with van der Waals surface area (Å²) in [7, 11) is 5.94. The van der Waals surface area contributed by atoms with Crippen molar-refractivity contribution >= 4 is 66.8 Å². The molecular weight excluding hydrogens is 865 g/mol. The summed E-state index contributed by atoms with van der Waals surface area (Å²) in [6.45, 7) is 3.29. The van der Waals surface area contributed by atoms with Crippen LogP contribution in [-0.2, 0) is 28.5 Å². The highest BCUT2D eigenvalue weighted by Gasteiger charge is 2.42. The minimum Gasteiger partial charge on any atom is -0.495 e. The van der Waals surface area contributed by atoms with Crippen LogP contribution in [0.4, 0.5) is 9.59 Å². The Morgan fingerprint density at radius 1 is 0.656 bits per heavy atom. The van der Waals surface area contributed by atoms with Crippen molar-refractivity contribution in [3.8, 4) is 32.6 Å². The molecule has 0 bridgehead atoms. The minimum absolute atomic E-state index is 0.0558. The van der Waals surface area contributed by atoms with Gasteiger partial charge in [-0.1, -0.05) is 0 Å². The van der Waals surface area contributed by atoms with E-state index >= 15 is 0 Å². The highest BCUT2D eigenvalue weighted by atomic mass is 32.1. The number of carbonyl (C=O) groups is 4. The molecule has 0 saturated carbocycles. The van der Waals surface area contributed by atoms with Gasteiger partial charge in [-0.2, -0.15) is 0 Å². The number of alkyl carbamates (subject to hydrolysis) is 2. The molecule has 0 unspecified atom stereocenters. The van der Waals surface area contributed by atoms with E-state index in [0.717, 1.165) is 78.5 Å². The van der Waals surface area contributed by atoms with Crippen molar-refractivity contribution in [3.05, 3.63) is 36.2 Å². The molecule has 64 heavy (non-hydrogen) atoms. The SMILES string of the molecule is COC(=O)N[C@H](C(=O)N1CCC[C@H]1c1ncc(-c2cc3c(OC)c4sc(-c5cnc([C@@H]6CCCN6C(=O)[C@@H](NC(=O)OC)C6CCOCC6)[nH]5)cc4c(OC)c3s2)[nH]1)C1CCOCC1. The van der Waals surface area contributed by atoms with Crippen LogP contribution in [0.1, 0.15) is 75.1 Å². The molecule has 4 fully saturated rings. The second-order valence-corrected chi connectivity index (χ2v) is 18.7. The number of rotatable bonds is 12. The van der Waals surface area contributed by atoms with Gasteiger partial charge in [0.25, 0.3) is 0 Å². The van der Waals surface area contributed by atoms with Gasteiger partial charge in [0.2, 0.25) is 11.8 Å². The first-order valence-electron chi connectivity index (χ1n) is 21.9. The first-order chi connectivity index (χ1) is 31.2. The van der Waals surface area contributed by atoms with Crippen molar-refractivity contribution in [1.29, 1.82) is 0 Å². The molecule has 0 aliphatic carbocycles. The van der Waals surface area contributed by atoms with Gasteiger partial charge in [-0.05, 0) is 75.3 Å². The lowest BCUT2D eigenvalue weighted by atomic mass is 9.90. The summed E-state index contributed by atoms with van der Waals surface area (Å²) >= 11 is 3.13. The van der Waals surface area contributed by atoms with Crippen molar-refractivity contribution in [2.75, 3.05) is 68.0 Å². The fourth-order valence-electron chi connectivity index (χ4n) is 9.85. The van der Waals surface area contributed by atoms with Gasteiger partial charge in [0.1, 0.15) is 35.2 Å². The number of H-pyrrole nitrogens is 2. The maximum absolute atomic E-state index is 14.1. The zero-order valence-electron chi connectivity index (χ0n) is 36.4. The molecule has 1 aromatic carbocycles. The van der Waals surface area contributed by atoms with Crippen molar-refractivity contribution in [2.45, 2.75) is 75.5 Å². The van der Waals surface area contributed by atoms with Crippen molar-refractivity contribution in [1.82, 2.24) is 40.4 Å². The molecule has 4 amide bonds. The summed E-state index contributed by atoms with van der Waals surface area (Å²) in [5.41, 5.74) is 1.61. The van der Waals surface area contributed by atoms with Crippen LogP contribution in [0.2, 0.25) is 0 Å². The van der Waals surface area contributed by atoms with Gasteiger partial charge in [0.15, 0.2) is 0 Å². The molecule has 4 atom stereocenters. The predicted octanol–water partition coefficient (Wildman–Crippen LogP) is 6.54. The fraction of sp³-hybridized carbons (Fsp3) is 0.545. The number of imidazole rings is 2. The van der Waals surface area contributed by atoms with Crippen molar-refractivity contribution < 1.29 is 47.6 Å². The summed E-state index contributed by atoms with van der Waals surface area (Å²) in [5.74, 6) is 2.43. The zero-order chi connectivity index (χ0) is 44.5. The van der Waals surface area contributed by atoms with E-state index in [1.165, 1.54) is 14.2 Å². The molecule has 4 saturated heterocycles. The third-order valence-corrected chi connectivity index (χ3v) is 15.5. The van der Waals surface area contributed by atoms with Crippen LogP contribution in [0.15, 0.2) is 24.5 Å². The molecule has 4 aliphatic heterocycles. The van der Waals surface area contributed by atoms with Crippen LogP contribution in [0.25, 0.3) is 41.3 Å². The Bertz CT molecular complexity index is 2280. The largest absolute Gasteiger partial charge is 0.495 e. The number of hydrogen-bond donors (Lipinski definition) is 4. The van der Waals surface area contributed by atoms with Gasteiger partial charge in [-0.3, -0.25) is 9.59 Å². The van der Waals surface area contributed by atoms with E-state index in [2.05, 4.69) is 32.7 Å². The van der Waals surface area contributed by atoms with Crippen LogP contribution in [0, 0.1) is 11.8 Å². The molecule has 4 aliphatic rings. The van der Waals surface area contributed by atoms with Gasteiger partial charge in [0, 0.05) is 50.3 Å². The predicted molar refractivity (Wildman–Crippen MR) is 239 cm³/mol. The summed E-state index contributed by atoms with van der Waals surface area (Å²) in [4.78, 5) is 75.2. The average Bonchev–Trinajstić information content (AvgIpc) is 4.18. The van der Waals surface area contributed by atoms with E-state index in [4.69, 9.17) is 38.4 Å². The Labute approximate surface area is 377 Å². The molecule has 342 valence electrons. The topological polar surface area (TPSA) is 212 Å². The van der Waals surface area contributed by atoms with E-state index in [1.54, 1.807) is 49.3 Å². The number of carbonyl (C=O) groups excluding carboxylic acids is 4. The number of aromatic amines is 2. The van der Waals surface area contributed by atoms with Crippen molar-refractivity contribution in [3.63, 3.8) is 0 Å². The Hall–Kier alpha value is -5.44.